The lowest BCUT2D eigenvalue weighted by Gasteiger charge is -2.26. The molecular weight excluding hydrogens is 124 g/mol. The molecule has 0 aliphatic heterocycles. The second-order valence-corrected chi connectivity index (χ2v) is 4.44. The molecule has 1 N–H and O–H groups in total. The molecule has 10 heavy (non-hydrogen) atoms. The summed E-state index contributed by atoms with van der Waals surface area (Å²) < 4.78 is 0. The van der Waals surface area contributed by atoms with Crippen molar-refractivity contribution in [2.24, 2.45) is 23.7 Å². The van der Waals surface area contributed by atoms with Crippen LogP contribution in [-0.4, -0.2) is 11.2 Å². The van der Waals surface area contributed by atoms with E-state index in [-0.39, 0.29) is 6.10 Å². The summed E-state index contributed by atoms with van der Waals surface area (Å²) in [5.74, 6) is 3.97. The molecule has 0 spiro atoms. The van der Waals surface area contributed by atoms with Crippen LogP contribution in [0, 0.1) is 23.7 Å². The smallest absolute Gasteiger partial charge is 0.0545 e. The summed E-state index contributed by atoms with van der Waals surface area (Å²) in [5, 5.41) is 9.43. The molecule has 0 heterocycles. The van der Waals surface area contributed by atoms with Gasteiger partial charge in [0.1, 0.15) is 0 Å². The topological polar surface area (TPSA) is 20.2 Å². The van der Waals surface area contributed by atoms with Gasteiger partial charge in [-0.25, -0.2) is 0 Å². The van der Waals surface area contributed by atoms with Crippen molar-refractivity contribution in [1.82, 2.24) is 0 Å². The number of rotatable bonds is 0. The molecule has 3 aliphatic rings. The van der Waals surface area contributed by atoms with E-state index in [2.05, 4.69) is 0 Å². The average Bonchev–Trinajstić information content (AvgIpc) is 2.59. The van der Waals surface area contributed by atoms with Crippen LogP contribution in [0.5, 0.6) is 0 Å². The largest absolute Gasteiger partial charge is 0.393 e. The van der Waals surface area contributed by atoms with Gasteiger partial charge >= 0.3 is 0 Å². The van der Waals surface area contributed by atoms with Crippen LogP contribution in [0.3, 0.4) is 0 Å². The second-order valence-electron chi connectivity index (χ2n) is 4.44. The van der Waals surface area contributed by atoms with Crippen LogP contribution in [0.15, 0.2) is 0 Å². The van der Waals surface area contributed by atoms with Crippen molar-refractivity contribution in [3.8, 4) is 0 Å². The van der Waals surface area contributed by atoms with Gasteiger partial charge in [0.05, 0.1) is 6.10 Å². The van der Waals surface area contributed by atoms with Gasteiger partial charge in [0, 0.05) is 0 Å². The quantitative estimate of drug-likeness (QED) is 0.536. The minimum Gasteiger partial charge on any atom is -0.393 e. The standard InChI is InChI=1S/C9H14O/c10-7-2-5-1-6(3-7)9-4-8(5)9/h5-10H,1-4H2/t5?,6?,7?,8-,9+. The van der Waals surface area contributed by atoms with E-state index in [1.807, 2.05) is 0 Å². The highest BCUT2D eigenvalue weighted by Gasteiger charge is 2.56. The molecule has 5 atom stereocenters. The summed E-state index contributed by atoms with van der Waals surface area (Å²) in [6, 6.07) is 0. The number of hydrogen-bond donors (Lipinski definition) is 1. The number of hydrogen-bond acceptors (Lipinski definition) is 1. The van der Waals surface area contributed by atoms with Crippen LogP contribution >= 0.6 is 0 Å². The Morgan fingerprint density at radius 2 is 1.40 bits per heavy atom. The maximum Gasteiger partial charge on any atom is 0.0545 e. The van der Waals surface area contributed by atoms with Gasteiger partial charge in [0.25, 0.3) is 0 Å². The summed E-state index contributed by atoms with van der Waals surface area (Å²) >= 11 is 0. The fraction of sp³-hybridized carbons (Fsp3) is 1.00. The van der Waals surface area contributed by atoms with E-state index in [4.69, 9.17) is 0 Å². The first-order valence-electron chi connectivity index (χ1n) is 4.52. The van der Waals surface area contributed by atoms with Gasteiger partial charge < -0.3 is 5.11 Å². The first kappa shape index (κ1) is 5.59. The van der Waals surface area contributed by atoms with Crippen LogP contribution in [0.4, 0.5) is 0 Å². The van der Waals surface area contributed by atoms with E-state index in [9.17, 15) is 5.11 Å². The maximum absolute atomic E-state index is 9.43. The molecule has 0 amide bonds. The van der Waals surface area contributed by atoms with Crippen LogP contribution in [0.1, 0.15) is 25.7 Å². The summed E-state index contributed by atoms with van der Waals surface area (Å²) in [5.41, 5.74) is 0. The maximum atomic E-state index is 9.43. The van der Waals surface area contributed by atoms with Gasteiger partial charge in [-0.3, -0.25) is 0 Å². The minimum absolute atomic E-state index is 0.0662. The zero-order valence-electron chi connectivity index (χ0n) is 6.16. The van der Waals surface area contributed by atoms with Crippen molar-refractivity contribution in [3.63, 3.8) is 0 Å². The van der Waals surface area contributed by atoms with Crippen LogP contribution in [-0.2, 0) is 0 Å². The summed E-state index contributed by atoms with van der Waals surface area (Å²) in [6.07, 6.45) is 5.26. The predicted octanol–water partition coefficient (Wildman–Crippen LogP) is 1.41. The molecule has 56 valence electrons. The van der Waals surface area contributed by atoms with E-state index in [0.29, 0.717) is 0 Å². The van der Waals surface area contributed by atoms with E-state index in [1.165, 1.54) is 12.8 Å². The Labute approximate surface area is 61.4 Å². The van der Waals surface area contributed by atoms with Crippen molar-refractivity contribution >= 4 is 0 Å². The third-order valence-corrected chi connectivity index (χ3v) is 3.86. The molecule has 1 heteroatoms. The molecule has 3 unspecified atom stereocenters. The molecule has 3 saturated carbocycles. The van der Waals surface area contributed by atoms with E-state index in [0.717, 1.165) is 36.5 Å². The molecule has 0 aromatic heterocycles. The van der Waals surface area contributed by atoms with Crippen LogP contribution in [0.25, 0.3) is 0 Å². The van der Waals surface area contributed by atoms with Gasteiger partial charge in [0.15, 0.2) is 0 Å². The van der Waals surface area contributed by atoms with E-state index in [1.54, 1.807) is 0 Å². The Balaban J connectivity index is 1.87. The van der Waals surface area contributed by atoms with Crippen LogP contribution < -0.4 is 0 Å². The SMILES string of the molecule is OC1CC2CC(C1)[C@@H]1C[C@H]21. The zero-order chi connectivity index (χ0) is 6.72. The third-order valence-electron chi connectivity index (χ3n) is 3.86. The number of aliphatic hydroxyl groups excluding tert-OH is 1. The molecule has 3 rings (SSSR count). The molecule has 0 saturated heterocycles. The summed E-state index contributed by atoms with van der Waals surface area (Å²) in [7, 11) is 0. The number of fused-ring (bicyclic) bond motifs is 5. The Morgan fingerprint density at radius 3 is 2.00 bits per heavy atom. The van der Waals surface area contributed by atoms with E-state index < -0.39 is 0 Å². The fourth-order valence-corrected chi connectivity index (χ4v) is 3.40. The highest BCUT2D eigenvalue weighted by Crippen LogP contribution is 2.63. The van der Waals surface area contributed by atoms with Gasteiger partial charge in [-0.05, 0) is 49.4 Å². The summed E-state index contributed by atoms with van der Waals surface area (Å²) in [6.45, 7) is 0. The Bertz CT molecular complexity index is 150. The Kier molecular flexibility index (Phi) is 0.883. The van der Waals surface area contributed by atoms with Crippen molar-refractivity contribution in [2.45, 2.75) is 31.8 Å². The molecular formula is C9H14O. The van der Waals surface area contributed by atoms with Gasteiger partial charge in [-0.15, -0.1) is 0 Å². The second kappa shape index (κ2) is 1.58. The van der Waals surface area contributed by atoms with Crippen molar-refractivity contribution < 1.29 is 5.11 Å². The molecule has 3 aliphatic carbocycles. The van der Waals surface area contributed by atoms with Gasteiger partial charge in [-0.1, -0.05) is 0 Å². The minimum atomic E-state index is 0.0662. The molecule has 0 radical (unpaired) electrons. The summed E-state index contributed by atoms with van der Waals surface area (Å²) in [4.78, 5) is 0. The molecule has 0 aromatic carbocycles. The Morgan fingerprint density at radius 1 is 0.800 bits per heavy atom. The molecule has 2 bridgehead atoms. The highest BCUT2D eigenvalue weighted by atomic mass is 16.3. The van der Waals surface area contributed by atoms with E-state index >= 15 is 0 Å². The first-order valence-corrected chi connectivity index (χ1v) is 4.52. The molecule has 0 aromatic rings. The molecule has 1 nitrogen and oxygen atoms in total. The Hall–Kier alpha value is -0.0400. The van der Waals surface area contributed by atoms with Crippen molar-refractivity contribution in [1.29, 1.82) is 0 Å². The van der Waals surface area contributed by atoms with Gasteiger partial charge in [0.2, 0.25) is 0 Å². The molecule has 3 fully saturated rings. The lowest BCUT2D eigenvalue weighted by Crippen LogP contribution is -2.22. The van der Waals surface area contributed by atoms with Crippen molar-refractivity contribution in [3.05, 3.63) is 0 Å². The predicted molar refractivity (Wildman–Crippen MR) is 38.4 cm³/mol. The zero-order valence-corrected chi connectivity index (χ0v) is 6.16. The van der Waals surface area contributed by atoms with Crippen molar-refractivity contribution in [2.75, 3.05) is 0 Å². The lowest BCUT2D eigenvalue weighted by atomic mass is 9.82. The number of aliphatic hydroxyl groups is 1. The monoisotopic (exact) mass is 138 g/mol. The lowest BCUT2D eigenvalue weighted by molar-refractivity contribution is 0.0827. The normalized spacial score (nSPS) is 63.9. The van der Waals surface area contributed by atoms with Gasteiger partial charge in [-0.2, -0.15) is 0 Å². The third kappa shape index (κ3) is 0.572. The first-order chi connectivity index (χ1) is 4.84. The highest BCUT2D eigenvalue weighted by molar-refractivity contribution is 5.06. The van der Waals surface area contributed by atoms with Crippen LogP contribution in [0.2, 0.25) is 0 Å². The fourth-order valence-electron chi connectivity index (χ4n) is 3.40. The average molecular weight is 138 g/mol.